The molecule has 4 rings (SSSR count). The monoisotopic (exact) mass is 398 g/mol. The number of hydrogen-bond donors (Lipinski definition) is 0. The molecule has 6 heteroatoms. The predicted octanol–water partition coefficient (Wildman–Crippen LogP) is 5.98. The zero-order valence-corrected chi connectivity index (χ0v) is 16.4. The van der Waals surface area contributed by atoms with Crippen molar-refractivity contribution in [3.63, 3.8) is 0 Å². The highest BCUT2D eigenvalue weighted by atomic mass is 19.4. The summed E-state index contributed by atoms with van der Waals surface area (Å²) in [5.41, 5.74) is 2.72. The van der Waals surface area contributed by atoms with Gasteiger partial charge in [-0.1, -0.05) is 41.6 Å². The molecule has 1 aliphatic heterocycles. The van der Waals surface area contributed by atoms with Gasteiger partial charge in [0.05, 0.1) is 5.71 Å². The summed E-state index contributed by atoms with van der Waals surface area (Å²) < 4.78 is 44.1. The van der Waals surface area contributed by atoms with E-state index < -0.39 is 11.8 Å². The zero-order chi connectivity index (χ0) is 20.8. The zero-order valence-electron chi connectivity index (χ0n) is 16.4. The molecule has 0 N–H and O–H groups in total. The standard InChI is InChI=1S/C23H21F3N2O/c1-15-11-17(3)28(14-15)21-10-9-18(12-16(21)2)20-13-22(29-27-20,23(24,25)26)19-7-5-4-6-8-19/h4-12,14H,13H2,1-3H3. The fraction of sp³-hybridized carbons (Fsp3) is 0.261. The summed E-state index contributed by atoms with van der Waals surface area (Å²) in [6, 6.07) is 15.3. The van der Waals surface area contributed by atoms with E-state index in [-0.39, 0.29) is 12.0 Å². The van der Waals surface area contributed by atoms with Crippen molar-refractivity contribution in [2.24, 2.45) is 5.16 Å². The molecule has 0 saturated carbocycles. The molecule has 2 aromatic carbocycles. The molecule has 0 spiro atoms. The van der Waals surface area contributed by atoms with Crippen LogP contribution < -0.4 is 0 Å². The van der Waals surface area contributed by atoms with Gasteiger partial charge >= 0.3 is 6.18 Å². The average Bonchev–Trinajstić information content (AvgIpc) is 3.26. The molecule has 0 aliphatic carbocycles. The lowest BCUT2D eigenvalue weighted by Crippen LogP contribution is -2.42. The van der Waals surface area contributed by atoms with Gasteiger partial charge in [-0.2, -0.15) is 13.2 Å². The number of alkyl halides is 3. The van der Waals surface area contributed by atoms with Crippen LogP contribution >= 0.6 is 0 Å². The van der Waals surface area contributed by atoms with Crippen molar-refractivity contribution in [3.05, 3.63) is 88.7 Å². The summed E-state index contributed by atoms with van der Waals surface area (Å²) >= 11 is 0. The van der Waals surface area contributed by atoms with Crippen molar-refractivity contribution in [2.75, 3.05) is 0 Å². The van der Waals surface area contributed by atoms with Crippen molar-refractivity contribution < 1.29 is 18.0 Å². The first kappa shape index (κ1) is 19.3. The molecule has 0 fully saturated rings. The van der Waals surface area contributed by atoms with Gasteiger partial charge in [0.2, 0.25) is 0 Å². The van der Waals surface area contributed by atoms with Crippen molar-refractivity contribution >= 4 is 5.71 Å². The minimum atomic E-state index is -4.59. The smallest absolute Gasteiger partial charge is 0.374 e. The van der Waals surface area contributed by atoms with Crippen LogP contribution in [0.2, 0.25) is 0 Å². The molecule has 0 amide bonds. The van der Waals surface area contributed by atoms with E-state index in [4.69, 9.17) is 4.84 Å². The number of benzene rings is 2. The summed E-state index contributed by atoms with van der Waals surface area (Å²) in [7, 11) is 0. The predicted molar refractivity (Wildman–Crippen MR) is 106 cm³/mol. The van der Waals surface area contributed by atoms with Crippen LogP contribution in [0, 0.1) is 20.8 Å². The van der Waals surface area contributed by atoms with Gasteiger partial charge in [0, 0.05) is 29.6 Å². The topological polar surface area (TPSA) is 26.5 Å². The summed E-state index contributed by atoms with van der Waals surface area (Å²) in [4.78, 5) is 5.09. The second kappa shape index (κ2) is 6.79. The van der Waals surface area contributed by atoms with E-state index >= 15 is 0 Å². The van der Waals surface area contributed by atoms with Crippen LogP contribution in [0.15, 0.2) is 65.9 Å². The van der Waals surface area contributed by atoms with Gasteiger partial charge in [0.25, 0.3) is 5.60 Å². The fourth-order valence-corrected chi connectivity index (χ4v) is 3.87. The number of rotatable bonds is 3. The van der Waals surface area contributed by atoms with Gasteiger partial charge < -0.3 is 9.40 Å². The maximum Gasteiger partial charge on any atom is 0.435 e. The Labute approximate surface area is 167 Å². The average molecular weight is 398 g/mol. The highest BCUT2D eigenvalue weighted by molar-refractivity contribution is 6.02. The number of aryl methyl sites for hydroxylation is 3. The van der Waals surface area contributed by atoms with E-state index in [1.165, 1.54) is 12.1 Å². The van der Waals surface area contributed by atoms with Crippen LogP contribution in [0.5, 0.6) is 0 Å². The molecule has 1 aromatic heterocycles. The van der Waals surface area contributed by atoms with Gasteiger partial charge in [0.1, 0.15) is 0 Å². The highest BCUT2D eigenvalue weighted by Gasteiger charge is 2.62. The third-order valence-corrected chi connectivity index (χ3v) is 5.36. The largest absolute Gasteiger partial charge is 0.435 e. The van der Waals surface area contributed by atoms with Crippen LogP contribution in [-0.4, -0.2) is 16.5 Å². The van der Waals surface area contributed by atoms with Crippen molar-refractivity contribution in [1.29, 1.82) is 0 Å². The Hall–Kier alpha value is -3.02. The third kappa shape index (κ3) is 3.22. The van der Waals surface area contributed by atoms with Crippen LogP contribution in [0.25, 0.3) is 5.69 Å². The molecule has 2 heterocycles. The molecular weight excluding hydrogens is 377 g/mol. The van der Waals surface area contributed by atoms with Crippen molar-refractivity contribution in [3.8, 4) is 5.69 Å². The molecule has 3 aromatic rings. The molecule has 1 aliphatic rings. The summed E-state index contributed by atoms with van der Waals surface area (Å²) in [5, 5.41) is 3.86. The molecule has 29 heavy (non-hydrogen) atoms. The Morgan fingerprint density at radius 2 is 1.72 bits per heavy atom. The quantitative estimate of drug-likeness (QED) is 0.533. The normalized spacial score (nSPS) is 19.2. The molecule has 0 radical (unpaired) electrons. The minimum Gasteiger partial charge on any atom is -0.374 e. The fourth-order valence-electron chi connectivity index (χ4n) is 3.87. The summed E-state index contributed by atoms with van der Waals surface area (Å²) in [6.45, 7) is 5.99. The van der Waals surface area contributed by atoms with Gasteiger partial charge in [-0.25, -0.2) is 0 Å². The third-order valence-electron chi connectivity index (χ3n) is 5.36. The van der Waals surface area contributed by atoms with E-state index in [2.05, 4.69) is 15.8 Å². The Kier molecular flexibility index (Phi) is 4.52. The molecule has 0 bridgehead atoms. The molecular formula is C23H21F3N2O. The Balaban J connectivity index is 1.68. The number of halogens is 3. The minimum absolute atomic E-state index is 0.0537. The van der Waals surface area contributed by atoms with Crippen molar-refractivity contribution in [1.82, 2.24) is 4.57 Å². The molecule has 1 atom stereocenters. The lowest BCUT2D eigenvalue weighted by molar-refractivity contribution is -0.275. The number of aromatic nitrogens is 1. The second-order valence-corrected chi connectivity index (χ2v) is 7.53. The summed E-state index contributed by atoms with van der Waals surface area (Å²) in [5.74, 6) is 0. The van der Waals surface area contributed by atoms with E-state index in [1.807, 2.05) is 39.1 Å². The molecule has 0 saturated heterocycles. The van der Waals surface area contributed by atoms with Gasteiger partial charge in [-0.15, -0.1) is 0 Å². The van der Waals surface area contributed by atoms with Gasteiger partial charge in [-0.05, 0) is 55.7 Å². The van der Waals surface area contributed by atoms with Gasteiger partial charge in [-0.3, -0.25) is 0 Å². The Morgan fingerprint density at radius 1 is 1.00 bits per heavy atom. The maximum atomic E-state index is 14.0. The first-order valence-electron chi connectivity index (χ1n) is 9.35. The van der Waals surface area contributed by atoms with E-state index in [0.717, 1.165) is 22.5 Å². The van der Waals surface area contributed by atoms with Crippen LogP contribution in [0.3, 0.4) is 0 Å². The first-order valence-corrected chi connectivity index (χ1v) is 9.35. The van der Waals surface area contributed by atoms with Crippen LogP contribution in [-0.2, 0) is 10.4 Å². The molecule has 150 valence electrons. The van der Waals surface area contributed by atoms with Crippen LogP contribution in [0.1, 0.15) is 34.4 Å². The lowest BCUT2D eigenvalue weighted by Gasteiger charge is -2.29. The lowest BCUT2D eigenvalue weighted by atomic mass is 9.86. The number of oxime groups is 1. The number of nitrogens with zero attached hydrogens (tertiary/aromatic N) is 2. The summed E-state index contributed by atoms with van der Waals surface area (Å²) in [6.07, 6.45) is -2.91. The maximum absolute atomic E-state index is 14.0. The van der Waals surface area contributed by atoms with Crippen LogP contribution in [0.4, 0.5) is 13.2 Å². The Morgan fingerprint density at radius 3 is 2.31 bits per heavy atom. The SMILES string of the molecule is Cc1cc(C)n(-c2ccc(C3=NOC(c4ccccc4)(C(F)(F)F)C3)cc2C)c1. The van der Waals surface area contributed by atoms with E-state index in [1.54, 1.807) is 24.3 Å². The number of hydrogen-bond acceptors (Lipinski definition) is 2. The van der Waals surface area contributed by atoms with Gasteiger partial charge in [0.15, 0.2) is 0 Å². The van der Waals surface area contributed by atoms with E-state index in [9.17, 15) is 13.2 Å². The Bertz CT molecular complexity index is 1080. The highest BCUT2D eigenvalue weighted by Crippen LogP contribution is 2.48. The molecule has 1 unspecified atom stereocenters. The second-order valence-electron chi connectivity index (χ2n) is 7.53. The van der Waals surface area contributed by atoms with Crippen molar-refractivity contribution in [2.45, 2.75) is 39.0 Å². The molecule has 3 nitrogen and oxygen atoms in total. The first-order chi connectivity index (χ1) is 13.7. The van der Waals surface area contributed by atoms with E-state index in [0.29, 0.717) is 11.3 Å².